The number of nitrogens with zero attached hydrogens (tertiary/aromatic N) is 4. The quantitative estimate of drug-likeness (QED) is 0.675. The van der Waals surface area contributed by atoms with Crippen LogP contribution >= 0.6 is 0 Å². The number of amides is 1. The first-order valence-electron chi connectivity index (χ1n) is 9.18. The molecule has 0 saturated carbocycles. The zero-order valence-electron chi connectivity index (χ0n) is 15.0. The van der Waals surface area contributed by atoms with Gasteiger partial charge in [-0.05, 0) is 5.56 Å². The molecule has 1 aliphatic heterocycles. The fourth-order valence-corrected chi connectivity index (χ4v) is 3.10. The van der Waals surface area contributed by atoms with Gasteiger partial charge in [-0.2, -0.15) is 4.98 Å². The number of hydrogen-bond donors (Lipinski definition) is 2. The molecule has 0 spiro atoms. The third-order valence-electron chi connectivity index (χ3n) is 4.49. The fraction of sp³-hybridized carbons (Fsp3) is 0.368. The predicted molar refractivity (Wildman–Crippen MR) is 98.4 cm³/mol. The average molecular weight is 366 g/mol. The van der Waals surface area contributed by atoms with Gasteiger partial charge in [0.15, 0.2) is 5.82 Å². The minimum atomic E-state index is -0.174. The maximum atomic E-state index is 12.3. The molecule has 0 fully saturated rings. The SMILES string of the molecule is O=C(NCCc1nc(Cc2ccccc2)no1)c1cn2c(n1)CCNCC2. The summed E-state index contributed by atoms with van der Waals surface area (Å²) in [6, 6.07) is 10.00. The van der Waals surface area contributed by atoms with Crippen LogP contribution in [0.2, 0.25) is 0 Å². The molecule has 27 heavy (non-hydrogen) atoms. The molecule has 0 aliphatic carbocycles. The van der Waals surface area contributed by atoms with Gasteiger partial charge in [0.25, 0.3) is 5.91 Å². The van der Waals surface area contributed by atoms with E-state index >= 15 is 0 Å². The summed E-state index contributed by atoms with van der Waals surface area (Å²) in [7, 11) is 0. The molecule has 0 bridgehead atoms. The lowest BCUT2D eigenvalue weighted by Crippen LogP contribution is -2.26. The zero-order chi connectivity index (χ0) is 18.5. The molecular formula is C19H22N6O2. The van der Waals surface area contributed by atoms with Crippen molar-refractivity contribution in [2.75, 3.05) is 19.6 Å². The number of aromatic nitrogens is 4. The Morgan fingerprint density at radius 3 is 3.00 bits per heavy atom. The van der Waals surface area contributed by atoms with Gasteiger partial charge in [-0.15, -0.1) is 0 Å². The van der Waals surface area contributed by atoms with Crippen LogP contribution in [0.15, 0.2) is 41.1 Å². The van der Waals surface area contributed by atoms with Gasteiger partial charge in [-0.1, -0.05) is 35.5 Å². The first-order chi connectivity index (χ1) is 13.3. The Hall–Kier alpha value is -3.00. The second kappa shape index (κ2) is 8.13. The van der Waals surface area contributed by atoms with Crippen molar-refractivity contribution in [3.63, 3.8) is 0 Å². The Morgan fingerprint density at radius 2 is 2.11 bits per heavy atom. The van der Waals surface area contributed by atoms with Crippen molar-refractivity contribution in [2.45, 2.75) is 25.8 Å². The topological polar surface area (TPSA) is 97.9 Å². The van der Waals surface area contributed by atoms with E-state index in [0.29, 0.717) is 36.8 Å². The molecule has 0 saturated heterocycles. The van der Waals surface area contributed by atoms with E-state index in [1.165, 1.54) is 0 Å². The van der Waals surface area contributed by atoms with Crippen LogP contribution in [0, 0.1) is 0 Å². The predicted octanol–water partition coefficient (Wildman–Crippen LogP) is 0.975. The van der Waals surface area contributed by atoms with Gasteiger partial charge in [0.1, 0.15) is 11.5 Å². The van der Waals surface area contributed by atoms with Crippen LogP contribution in [-0.2, 0) is 25.8 Å². The van der Waals surface area contributed by atoms with Gasteiger partial charge in [-0.3, -0.25) is 4.79 Å². The van der Waals surface area contributed by atoms with Crippen LogP contribution in [0.4, 0.5) is 0 Å². The second-order valence-corrected chi connectivity index (χ2v) is 6.51. The van der Waals surface area contributed by atoms with E-state index in [1.807, 2.05) is 41.1 Å². The van der Waals surface area contributed by atoms with Crippen molar-refractivity contribution in [1.29, 1.82) is 0 Å². The number of carbonyl (C=O) groups excluding carboxylic acids is 1. The van der Waals surface area contributed by atoms with Gasteiger partial charge in [0.2, 0.25) is 5.89 Å². The lowest BCUT2D eigenvalue weighted by Gasteiger charge is -2.01. The van der Waals surface area contributed by atoms with E-state index in [-0.39, 0.29) is 5.91 Å². The Morgan fingerprint density at radius 1 is 1.22 bits per heavy atom. The monoisotopic (exact) mass is 366 g/mol. The molecule has 1 amide bonds. The zero-order valence-corrected chi connectivity index (χ0v) is 15.0. The normalized spacial score (nSPS) is 13.8. The van der Waals surface area contributed by atoms with Crippen LogP contribution in [0.1, 0.15) is 33.6 Å². The van der Waals surface area contributed by atoms with E-state index in [2.05, 4.69) is 25.8 Å². The summed E-state index contributed by atoms with van der Waals surface area (Å²) in [5, 5.41) is 10.2. The summed E-state index contributed by atoms with van der Waals surface area (Å²) in [5.41, 5.74) is 1.59. The molecule has 8 nitrogen and oxygen atoms in total. The minimum absolute atomic E-state index is 0.174. The number of fused-ring (bicyclic) bond motifs is 1. The highest BCUT2D eigenvalue weighted by atomic mass is 16.5. The molecule has 3 heterocycles. The number of benzene rings is 1. The summed E-state index contributed by atoms with van der Waals surface area (Å²) in [5.74, 6) is 1.95. The molecule has 8 heteroatoms. The summed E-state index contributed by atoms with van der Waals surface area (Å²) >= 11 is 0. The van der Waals surface area contributed by atoms with E-state index < -0.39 is 0 Å². The van der Waals surface area contributed by atoms with Crippen molar-refractivity contribution >= 4 is 5.91 Å². The van der Waals surface area contributed by atoms with Crippen LogP contribution in [0.3, 0.4) is 0 Å². The van der Waals surface area contributed by atoms with E-state index in [1.54, 1.807) is 0 Å². The maximum absolute atomic E-state index is 12.3. The molecule has 140 valence electrons. The van der Waals surface area contributed by atoms with Crippen molar-refractivity contribution in [3.05, 3.63) is 65.3 Å². The maximum Gasteiger partial charge on any atom is 0.271 e. The number of hydrogen-bond acceptors (Lipinski definition) is 6. The highest BCUT2D eigenvalue weighted by molar-refractivity contribution is 5.92. The molecule has 4 rings (SSSR count). The minimum Gasteiger partial charge on any atom is -0.350 e. The third-order valence-corrected chi connectivity index (χ3v) is 4.49. The molecule has 2 N–H and O–H groups in total. The lowest BCUT2D eigenvalue weighted by atomic mass is 10.1. The molecule has 0 atom stereocenters. The van der Waals surface area contributed by atoms with Gasteiger partial charge in [0.05, 0.1) is 0 Å². The molecular weight excluding hydrogens is 344 g/mol. The van der Waals surface area contributed by atoms with Crippen LogP contribution in [0.5, 0.6) is 0 Å². The number of rotatable bonds is 6. The van der Waals surface area contributed by atoms with Gasteiger partial charge < -0.3 is 19.7 Å². The van der Waals surface area contributed by atoms with Crippen molar-refractivity contribution in [2.24, 2.45) is 0 Å². The summed E-state index contributed by atoms with van der Waals surface area (Å²) in [6.45, 7) is 3.05. The highest BCUT2D eigenvalue weighted by Gasteiger charge is 2.16. The van der Waals surface area contributed by atoms with Crippen molar-refractivity contribution in [1.82, 2.24) is 30.3 Å². The first kappa shape index (κ1) is 17.4. The van der Waals surface area contributed by atoms with Crippen molar-refractivity contribution in [3.8, 4) is 0 Å². The standard InChI is InChI=1S/C19H22N6O2/c26-19(15-13-25-11-10-20-8-6-17(25)22-15)21-9-7-18-23-16(24-27-18)12-14-4-2-1-3-5-14/h1-5,13,20H,6-12H2,(H,21,26). The Kier molecular flexibility index (Phi) is 5.24. The van der Waals surface area contributed by atoms with Crippen molar-refractivity contribution < 1.29 is 9.32 Å². The third kappa shape index (κ3) is 4.40. The molecule has 1 aromatic carbocycles. The number of imidazole rings is 1. The second-order valence-electron chi connectivity index (χ2n) is 6.51. The van der Waals surface area contributed by atoms with Crippen LogP contribution in [0.25, 0.3) is 0 Å². The Bertz CT molecular complexity index is 879. The average Bonchev–Trinajstić information content (AvgIpc) is 3.24. The highest BCUT2D eigenvalue weighted by Crippen LogP contribution is 2.08. The van der Waals surface area contributed by atoms with Gasteiger partial charge >= 0.3 is 0 Å². The molecule has 0 radical (unpaired) electrons. The van der Waals surface area contributed by atoms with Gasteiger partial charge in [0, 0.05) is 51.6 Å². The van der Waals surface area contributed by atoms with Crippen LogP contribution < -0.4 is 10.6 Å². The summed E-state index contributed by atoms with van der Waals surface area (Å²) in [6.07, 6.45) is 3.78. The van der Waals surface area contributed by atoms with Crippen LogP contribution in [-0.4, -0.2) is 45.2 Å². The Balaban J connectivity index is 1.28. The largest absolute Gasteiger partial charge is 0.350 e. The fourth-order valence-electron chi connectivity index (χ4n) is 3.10. The number of carbonyl (C=O) groups is 1. The molecule has 3 aromatic rings. The lowest BCUT2D eigenvalue weighted by molar-refractivity contribution is 0.0948. The smallest absolute Gasteiger partial charge is 0.271 e. The van der Waals surface area contributed by atoms with E-state index in [4.69, 9.17) is 4.52 Å². The molecule has 0 unspecified atom stereocenters. The Labute approximate surface area is 157 Å². The summed E-state index contributed by atoms with van der Waals surface area (Å²) < 4.78 is 7.31. The first-order valence-corrected chi connectivity index (χ1v) is 9.18. The summed E-state index contributed by atoms with van der Waals surface area (Å²) in [4.78, 5) is 21.1. The van der Waals surface area contributed by atoms with E-state index in [0.717, 1.165) is 37.4 Å². The van der Waals surface area contributed by atoms with E-state index in [9.17, 15) is 4.79 Å². The number of nitrogens with one attached hydrogen (secondary N) is 2. The molecule has 2 aromatic heterocycles. The molecule has 1 aliphatic rings. The van der Waals surface area contributed by atoms with Gasteiger partial charge in [-0.25, -0.2) is 4.98 Å².